The van der Waals surface area contributed by atoms with Gasteiger partial charge >= 0.3 is 0 Å². The lowest BCUT2D eigenvalue weighted by Crippen LogP contribution is -2.26. The van der Waals surface area contributed by atoms with Gasteiger partial charge < -0.3 is 11.1 Å². The van der Waals surface area contributed by atoms with Crippen LogP contribution in [0.25, 0.3) is 0 Å². The molecule has 0 saturated carbocycles. The van der Waals surface area contributed by atoms with Crippen LogP contribution in [0.5, 0.6) is 0 Å². The molecule has 1 rings (SSSR count). The lowest BCUT2D eigenvalue weighted by atomic mass is 10.1. The molecule has 1 aromatic carbocycles. The fraction of sp³-hybridized carbons (Fsp3) is 0.462. The van der Waals surface area contributed by atoms with Crippen molar-refractivity contribution < 1.29 is 4.79 Å². The molecule has 3 nitrogen and oxygen atoms in total. The molecule has 3 N–H and O–H groups in total. The van der Waals surface area contributed by atoms with Crippen molar-refractivity contribution in [2.45, 2.75) is 27.2 Å². The maximum absolute atomic E-state index is 11.6. The largest absolute Gasteiger partial charge is 0.330 e. The number of carbonyl (C=O) groups is 1. The van der Waals surface area contributed by atoms with Gasteiger partial charge in [0.1, 0.15) is 0 Å². The van der Waals surface area contributed by atoms with Crippen LogP contribution in [-0.2, 0) is 11.2 Å². The van der Waals surface area contributed by atoms with Gasteiger partial charge in [-0.2, -0.15) is 0 Å². The van der Waals surface area contributed by atoms with E-state index in [1.807, 2.05) is 25.1 Å². The van der Waals surface area contributed by atoms with Gasteiger partial charge in [-0.15, -0.1) is 0 Å². The summed E-state index contributed by atoms with van der Waals surface area (Å²) in [6.45, 7) is 6.38. The molecule has 0 spiro atoms. The van der Waals surface area contributed by atoms with Gasteiger partial charge in [0.05, 0.1) is 0 Å². The van der Waals surface area contributed by atoms with Crippen molar-refractivity contribution in [3.05, 3.63) is 29.3 Å². The quantitative estimate of drug-likeness (QED) is 0.816. The molecule has 1 unspecified atom stereocenters. The Hall–Kier alpha value is -1.35. The highest BCUT2D eigenvalue weighted by Crippen LogP contribution is 2.16. The summed E-state index contributed by atoms with van der Waals surface area (Å²) in [6.07, 6.45) is 0.974. The van der Waals surface area contributed by atoms with Gasteiger partial charge in [-0.05, 0) is 36.6 Å². The second-order valence-electron chi connectivity index (χ2n) is 4.12. The van der Waals surface area contributed by atoms with Crippen molar-refractivity contribution in [2.75, 3.05) is 11.9 Å². The SMILES string of the molecule is CCc1cc(NC(=O)C(C)CN)ccc1C. The zero-order valence-corrected chi connectivity index (χ0v) is 10.2. The summed E-state index contributed by atoms with van der Waals surface area (Å²) < 4.78 is 0. The van der Waals surface area contributed by atoms with Crippen LogP contribution in [0, 0.1) is 12.8 Å². The molecular weight excluding hydrogens is 200 g/mol. The molecule has 0 aliphatic heterocycles. The summed E-state index contributed by atoms with van der Waals surface area (Å²) in [4.78, 5) is 11.6. The molecule has 0 saturated heterocycles. The average Bonchev–Trinajstić information content (AvgIpc) is 2.30. The molecule has 1 aromatic rings. The lowest BCUT2D eigenvalue weighted by Gasteiger charge is -2.11. The minimum atomic E-state index is -0.147. The monoisotopic (exact) mass is 220 g/mol. The van der Waals surface area contributed by atoms with Crippen LogP contribution in [0.3, 0.4) is 0 Å². The first-order valence-corrected chi connectivity index (χ1v) is 5.69. The predicted octanol–water partition coefficient (Wildman–Crippen LogP) is 2.09. The summed E-state index contributed by atoms with van der Waals surface area (Å²) >= 11 is 0. The summed E-state index contributed by atoms with van der Waals surface area (Å²) in [6, 6.07) is 5.98. The van der Waals surface area contributed by atoms with E-state index >= 15 is 0 Å². The normalized spacial score (nSPS) is 12.2. The minimum Gasteiger partial charge on any atom is -0.330 e. The number of amides is 1. The van der Waals surface area contributed by atoms with Crippen LogP contribution in [0.15, 0.2) is 18.2 Å². The van der Waals surface area contributed by atoms with Gasteiger partial charge in [0.2, 0.25) is 5.91 Å². The second kappa shape index (κ2) is 5.66. The third kappa shape index (κ3) is 3.07. The first-order chi connectivity index (χ1) is 7.58. The highest BCUT2D eigenvalue weighted by atomic mass is 16.1. The molecule has 1 atom stereocenters. The molecule has 16 heavy (non-hydrogen) atoms. The molecule has 0 aliphatic carbocycles. The van der Waals surface area contributed by atoms with Crippen LogP contribution in [-0.4, -0.2) is 12.5 Å². The van der Waals surface area contributed by atoms with Crippen LogP contribution in [0.1, 0.15) is 25.0 Å². The van der Waals surface area contributed by atoms with Gasteiger partial charge in [-0.1, -0.05) is 19.9 Å². The summed E-state index contributed by atoms with van der Waals surface area (Å²) in [5, 5.41) is 2.88. The fourth-order valence-corrected chi connectivity index (χ4v) is 1.50. The number of carbonyl (C=O) groups excluding carboxylic acids is 1. The maximum atomic E-state index is 11.6. The van der Waals surface area contributed by atoms with E-state index < -0.39 is 0 Å². The van der Waals surface area contributed by atoms with E-state index in [2.05, 4.69) is 19.2 Å². The van der Waals surface area contributed by atoms with Crippen molar-refractivity contribution in [3.8, 4) is 0 Å². The smallest absolute Gasteiger partial charge is 0.228 e. The zero-order chi connectivity index (χ0) is 12.1. The number of nitrogens with two attached hydrogens (primary N) is 1. The first kappa shape index (κ1) is 12.7. The molecule has 1 amide bonds. The van der Waals surface area contributed by atoms with Gasteiger partial charge in [0.15, 0.2) is 0 Å². The summed E-state index contributed by atoms with van der Waals surface area (Å²) in [5.74, 6) is -0.167. The van der Waals surface area contributed by atoms with Crippen LogP contribution < -0.4 is 11.1 Å². The molecular formula is C13H20N2O. The van der Waals surface area contributed by atoms with E-state index in [0.29, 0.717) is 6.54 Å². The van der Waals surface area contributed by atoms with Gasteiger partial charge in [-0.25, -0.2) is 0 Å². The Kier molecular flexibility index (Phi) is 4.50. The van der Waals surface area contributed by atoms with Crippen LogP contribution >= 0.6 is 0 Å². The number of benzene rings is 1. The Labute approximate surface area is 97.0 Å². The number of rotatable bonds is 4. The summed E-state index contributed by atoms with van der Waals surface area (Å²) in [7, 11) is 0. The van der Waals surface area contributed by atoms with E-state index in [1.54, 1.807) is 0 Å². The van der Waals surface area contributed by atoms with E-state index in [0.717, 1.165) is 12.1 Å². The lowest BCUT2D eigenvalue weighted by molar-refractivity contribution is -0.119. The van der Waals surface area contributed by atoms with Crippen molar-refractivity contribution >= 4 is 11.6 Å². The van der Waals surface area contributed by atoms with Gasteiger partial charge in [0, 0.05) is 18.2 Å². The van der Waals surface area contributed by atoms with Gasteiger partial charge in [-0.3, -0.25) is 4.79 Å². The van der Waals surface area contributed by atoms with Gasteiger partial charge in [0.25, 0.3) is 0 Å². The number of anilines is 1. The molecule has 0 aromatic heterocycles. The van der Waals surface area contributed by atoms with Crippen molar-refractivity contribution in [2.24, 2.45) is 11.7 Å². The van der Waals surface area contributed by atoms with E-state index in [-0.39, 0.29) is 11.8 Å². The van der Waals surface area contributed by atoms with Crippen molar-refractivity contribution in [3.63, 3.8) is 0 Å². The van der Waals surface area contributed by atoms with E-state index in [4.69, 9.17) is 5.73 Å². The van der Waals surface area contributed by atoms with Crippen LogP contribution in [0.4, 0.5) is 5.69 Å². The standard InChI is InChI=1S/C13H20N2O/c1-4-11-7-12(6-5-9(11)2)15-13(16)10(3)8-14/h5-7,10H,4,8,14H2,1-3H3,(H,15,16). The predicted molar refractivity (Wildman–Crippen MR) is 67.4 cm³/mol. The average molecular weight is 220 g/mol. The minimum absolute atomic E-state index is 0.0200. The number of nitrogens with one attached hydrogen (secondary N) is 1. The third-order valence-corrected chi connectivity index (χ3v) is 2.80. The molecule has 0 aliphatic rings. The Morgan fingerprint density at radius 3 is 2.75 bits per heavy atom. The topological polar surface area (TPSA) is 55.1 Å². The van der Waals surface area contributed by atoms with E-state index in [9.17, 15) is 4.79 Å². The Balaban J connectivity index is 2.78. The fourth-order valence-electron chi connectivity index (χ4n) is 1.50. The molecule has 0 heterocycles. The Morgan fingerprint density at radius 1 is 1.50 bits per heavy atom. The highest BCUT2D eigenvalue weighted by molar-refractivity contribution is 5.92. The first-order valence-electron chi connectivity index (χ1n) is 5.69. The van der Waals surface area contributed by atoms with Crippen molar-refractivity contribution in [1.82, 2.24) is 0 Å². The Bertz CT molecular complexity index is 374. The Morgan fingerprint density at radius 2 is 2.19 bits per heavy atom. The molecule has 0 bridgehead atoms. The number of hydrogen-bond donors (Lipinski definition) is 2. The molecule has 0 fully saturated rings. The molecule has 88 valence electrons. The zero-order valence-electron chi connectivity index (χ0n) is 10.2. The number of aryl methyl sites for hydroxylation is 2. The highest BCUT2D eigenvalue weighted by Gasteiger charge is 2.10. The van der Waals surface area contributed by atoms with E-state index in [1.165, 1.54) is 11.1 Å². The molecule has 0 radical (unpaired) electrons. The second-order valence-corrected chi connectivity index (χ2v) is 4.12. The van der Waals surface area contributed by atoms with Crippen LogP contribution in [0.2, 0.25) is 0 Å². The maximum Gasteiger partial charge on any atom is 0.228 e. The molecule has 3 heteroatoms. The third-order valence-electron chi connectivity index (χ3n) is 2.80. The summed E-state index contributed by atoms with van der Waals surface area (Å²) in [5.41, 5.74) is 8.82. The number of hydrogen-bond acceptors (Lipinski definition) is 2. The van der Waals surface area contributed by atoms with Crippen molar-refractivity contribution in [1.29, 1.82) is 0 Å².